The van der Waals surface area contributed by atoms with Gasteiger partial charge in [0.1, 0.15) is 5.75 Å². The van der Waals surface area contributed by atoms with E-state index in [4.69, 9.17) is 4.74 Å². The molecular weight excluding hydrogens is 238 g/mol. The SMILES string of the molecule is COc1ccccc1C=C1CC(CN(C)C)CC1=O. The van der Waals surface area contributed by atoms with E-state index in [1.165, 1.54) is 0 Å². The van der Waals surface area contributed by atoms with Crippen LogP contribution in [0.2, 0.25) is 0 Å². The Hall–Kier alpha value is -1.61. The van der Waals surface area contributed by atoms with Crippen LogP contribution in [-0.2, 0) is 4.79 Å². The van der Waals surface area contributed by atoms with Crippen LogP contribution in [-0.4, -0.2) is 38.4 Å². The number of ether oxygens (including phenoxy) is 1. The summed E-state index contributed by atoms with van der Waals surface area (Å²) in [6.45, 7) is 0.967. The molecule has 3 nitrogen and oxygen atoms in total. The quantitative estimate of drug-likeness (QED) is 0.778. The summed E-state index contributed by atoms with van der Waals surface area (Å²) < 4.78 is 5.32. The molecule has 102 valence electrons. The largest absolute Gasteiger partial charge is 0.496 e. The highest BCUT2D eigenvalue weighted by atomic mass is 16.5. The van der Waals surface area contributed by atoms with Crippen molar-refractivity contribution in [3.8, 4) is 5.75 Å². The van der Waals surface area contributed by atoms with Crippen molar-refractivity contribution in [1.82, 2.24) is 4.90 Å². The zero-order chi connectivity index (χ0) is 13.8. The zero-order valence-electron chi connectivity index (χ0n) is 11.8. The van der Waals surface area contributed by atoms with Crippen molar-refractivity contribution in [3.05, 3.63) is 35.4 Å². The molecule has 1 aliphatic carbocycles. The minimum Gasteiger partial charge on any atom is -0.496 e. The van der Waals surface area contributed by atoms with Gasteiger partial charge in [-0.25, -0.2) is 0 Å². The van der Waals surface area contributed by atoms with Gasteiger partial charge in [-0.15, -0.1) is 0 Å². The number of benzene rings is 1. The first kappa shape index (κ1) is 13.8. The smallest absolute Gasteiger partial charge is 0.159 e. The monoisotopic (exact) mass is 259 g/mol. The molecule has 1 aromatic rings. The predicted molar refractivity (Wildman–Crippen MR) is 77.3 cm³/mol. The summed E-state index contributed by atoms with van der Waals surface area (Å²) in [5, 5.41) is 0. The molecule has 3 heteroatoms. The number of hydrogen-bond acceptors (Lipinski definition) is 3. The van der Waals surface area contributed by atoms with Crippen molar-refractivity contribution in [2.24, 2.45) is 5.92 Å². The van der Waals surface area contributed by atoms with Crippen LogP contribution in [0.25, 0.3) is 6.08 Å². The molecule has 19 heavy (non-hydrogen) atoms. The molecule has 0 amide bonds. The average Bonchev–Trinajstić information content (AvgIpc) is 2.69. The van der Waals surface area contributed by atoms with E-state index in [1.54, 1.807) is 7.11 Å². The first-order chi connectivity index (χ1) is 9.10. The van der Waals surface area contributed by atoms with Crippen LogP contribution in [0.1, 0.15) is 18.4 Å². The van der Waals surface area contributed by atoms with Crippen LogP contribution in [0.5, 0.6) is 5.75 Å². The third-order valence-electron chi connectivity index (χ3n) is 3.43. The molecule has 0 aliphatic heterocycles. The number of hydrogen-bond donors (Lipinski definition) is 0. The number of Topliss-reactive ketones (excluding diaryl/α,β-unsaturated/α-hetero) is 1. The van der Waals surface area contributed by atoms with Gasteiger partial charge < -0.3 is 9.64 Å². The maximum Gasteiger partial charge on any atom is 0.159 e. The van der Waals surface area contributed by atoms with Crippen molar-refractivity contribution in [2.75, 3.05) is 27.7 Å². The van der Waals surface area contributed by atoms with Gasteiger partial charge in [-0.05, 0) is 44.1 Å². The van der Waals surface area contributed by atoms with Gasteiger partial charge in [-0.1, -0.05) is 18.2 Å². The Morgan fingerprint density at radius 3 is 2.74 bits per heavy atom. The van der Waals surface area contributed by atoms with Crippen LogP contribution < -0.4 is 4.74 Å². The van der Waals surface area contributed by atoms with E-state index >= 15 is 0 Å². The number of methoxy groups -OCH3 is 1. The van der Waals surface area contributed by atoms with Crippen LogP contribution in [0.4, 0.5) is 0 Å². The fraction of sp³-hybridized carbons (Fsp3) is 0.438. The lowest BCUT2D eigenvalue weighted by Gasteiger charge is -2.14. The third kappa shape index (κ3) is 3.44. The summed E-state index contributed by atoms with van der Waals surface area (Å²) >= 11 is 0. The highest BCUT2D eigenvalue weighted by molar-refractivity contribution is 6.02. The van der Waals surface area contributed by atoms with Gasteiger partial charge in [0.15, 0.2) is 5.78 Å². The van der Waals surface area contributed by atoms with Gasteiger partial charge in [-0.2, -0.15) is 0 Å². The minimum absolute atomic E-state index is 0.276. The molecule has 1 fully saturated rings. The van der Waals surface area contributed by atoms with Crippen molar-refractivity contribution in [3.63, 3.8) is 0 Å². The van der Waals surface area contributed by atoms with Crippen LogP contribution in [0.15, 0.2) is 29.8 Å². The maximum absolute atomic E-state index is 12.0. The minimum atomic E-state index is 0.276. The van der Waals surface area contributed by atoms with E-state index in [-0.39, 0.29) is 5.78 Å². The molecule has 2 rings (SSSR count). The average molecular weight is 259 g/mol. The fourth-order valence-electron chi connectivity index (χ4n) is 2.65. The molecule has 0 saturated heterocycles. The van der Waals surface area contributed by atoms with Gasteiger partial charge in [0.05, 0.1) is 7.11 Å². The Labute approximate surface area is 114 Å². The lowest BCUT2D eigenvalue weighted by atomic mass is 10.1. The molecule has 1 atom stereocenters. The lowest BCUT2D eigenvalue weighted by Crippen LogP contribution is -2.19. The molecule has 0 bridgehead atoms. The number of nitrogens with zero attached hydrogens (tertiary/aromatic N) is 1. The van der Waals surface area contributed by atoms with E-state index in [0.717, 1.165) is 29.9 Å². The van der Waals surface area contributed by atoms with E-state index in [2.05, 4.69) is 4.90 Å². The lowest BCUT2D eigenvalue weighted by molar-refractivity contribution is -0.114. The number of carbonyl (C=O) groups is 1. The maximum atomic E-state index is 12.0. The van der Waals surface area contributed by atoms with Crippen molar-refractivity contribution < 1.29 is 9.53 Å². The normalized spacial score (nSPS) is 21.4. The Bertz CT molecular complexity index is 491. The zero-order valence-corrected chi connectivity index (χ0v) is 11.8. The Morgan fingerprint density at radius 1 is 1.32 bits per heavy atom. The van der Waals surface area contributed by atoms with Crippen LogP contribution >= 0.6 is 0 Å². The van der Waals surface area contributed by atoms with Gasteiger partial charge in [0.25, 0.3) is 0 Å². The van der Waals surface area contributed by atoms with Crippen LogP contribution in [0.3, 0.4) is 0 Å². The molecule has 1 aliphatic rings. The summed E-state index contributed by atoms with van der Waals surface area (Å²) in [4.78, 5) is 14.2. The van der Waals surface area contributed by atoms with E-state index < -0.39 is 0 Å². The molecule has 1 unspecified atom stereocenters. The summed E-state index contributed by atoms with van der Waals surface area (Å²) in [5.41, 5.74) is 1.91. The molecule has 0 N–H and O–H groups in total. The molecule has 1 saturated carbocycles. The predicted octanol–water partition coefficient (Wildman–Crippen LogP) is 2.62. The number of allylic oxidation sites excluding steroid dienone is 1. The molecule has 0 aromatic heterocycles. The molecule has 0 spiro atoms. The first-order valence-corrected chi connectivity index (χ1v) is 6.61. The number of ketones is 1. The summed E-state index contributed by atoms with van der Waals surface area (Å²) in [6.07, 6.45) is 3.52. The van der Waals surface area contributed by atoms with E-state index in [1.807, 2.05) is 44.4 Å². The number of carbonyl (C=O) groups excluding carboxylic acids is 1. The first-order valence-electron chi connectivity index (χ1n) is 6.61. The van der Waals surface area contributed by atoms with Crippen molar-refractivity contribution in [1.29, 1.82) is 0 Å². The van der Waals surface area contributed by atoms with Crippen molar-refractivity contribution in [2.45, 2.75) is 12.8 Å². The summed E-state index contributed by atoms with van der Waals surface area (Å²) in [7, 11) is 5.75. The molecule has 1 aromatic carbocycles. The molecule has 0 radical (unpaired) electrons. The topological polar surface area (TPSA) is 29.5 Å². The van der Waals surface area contributed by atoms with E-state index in [9.17, 15) is 4.79 Å². The van der Waals surface area contributed by atoms with Gasteiger partial charge in [-0.3, -0.25) is 4.79 Å². The highest BCUT2D eigenvalue weighted by Gasteiger charge is 2.27. The standard InChI is InChI=1S/C16H21NO2/c1-17(2)11-12-8-14(15(18)9-12)10-13-6-4-5-7-16(13)19-3/h4-7,10,12H,8-9,11H2,1-3H3. The second-order valence-electron chi connectivity index (χ2n) is 5.37. The third-order valence-corrected chi connectivity index (χ3v) is 3.43. The van der Waals surface area contributed by atoms with Gasteiger partial charge in [0.2, 0.25) is 0 Å². The Morgan fingerprint density at radius 2 is 2.05 bits per heavy atom. The molecular formula is C16H21NO2. The second-order valence-corrected chi connectivity index (χ2v) is 5.37. The van der Waals surface area contributed by atoms with E-state index in [0.29, 0.717) is 12.3 Å². The fourth-order valence-corrected chi connectivity index (χ4v) is 2.65. The summed E-state index contributed by atoms with van der Waals surface area (Å²) in [6, 6.07) is 7.80. The van der Waals surface area contributed by atoms with Crippen LogP contribution in [0, 0.1) is 5.92 Å². The summed E-state index contributed by atoms with van der Waals surface area (Å²) in [5.74, 6) is 1.54. The number of rotatable bonds is 4. The second kappa shape index (κ2) is 6.02. The Kier molecular flexibility index (Phi) is 4.38. The Balaban J connectivity index is 2.17. The van der Waals surface area contributed by atoms with Gasteiger partial charge >= 0.3 is 0 Å². The molecule has 0 heterocycles. The van der Waals surface area contributed by atoms with Gasteiger partial charge in [0, 0.05) is 18.5 Å². The number of para-hydroxylation sites is 1. The van der Waals surface area contributed by atoms with Crippen molar-refractivity contribution >= 4 is 11.9 Å². The highest BCUT2D eigenvalue weighted by Crippen LogP contribution is 2.31.